The molecule has 0 radical (unpaired) electrons. The molecule has 2 aliphatic rings. The summed E-state index contributed by atoms with van der Waals surface area (Å²) in [5, 5.41) is 15.9. The van der Waals surface area contributed by atoms with Gasteiger partial charge in [-0.25, -0.2) is 5.10 Å². The lowest BCUT2D eigenvalue weighted by Gasteiger charge is -2.38. The van der Waals surface area contributed by atoms with E-state index in [-0.39, 0.29) is 11.7 Å². The van der Waals surface area contributed by atoms with Gasteiger partial charge in [-0.2, -0.15) is 5.10 Å². The number of aromatic amines is 1. The van der Waals surface area contributed by atoms with Gasteiger partial charge in [0.25, 0.3) is 5.56 Å². The van der Waals surface area contributed by atoms with Crippen LogP contribution in [0.2, 0.25) is 0 Å². The zero-order chi connectivity index (χ0) is 11.1. The van der Waals surface area contributed by atoms with Crippen LogP contribution in [-0.2, 0) is 0 Å². The topological polar surface area (TPSA) is 69.2 Å². The van der Waals surface area contributed by atoms with Crippen molar-refractivity contribution >= 4 is 5.69 Å². The van der Waals surface area contributed by atoms with Crippen LogP contribution in [0, 0.1) is 0 Å². The Hall–Kier alpha value is -1.36. The monoisotopic (exact) mass is 221 g/mol. The van der Waals surface area contributed by atoms with Crippen molar-refractivity contribution in [1.29, 1.82) is 0 Å². The van der Waals surface area contributed by atoms with Crippen LogP contribution >= 0.6 is 0 Å². The predicted molar refractivity (Wildman–Crippen MR) is 59.4 cm³/mol. The minimum atomic E-state index is -0.177. The summed E-state index contributed by atoms with van der Waals surface area (Å²) in [6.45, 7) is 0. The second-order valence-corrected chi connectivity index (χ2v) is 4.72. The van der Waals surface area contributed by atoms with E-state index in [2.05, 4.69) is 15.1 Å². The molecule has 16 heavy (non-hydrogen) atoms. The zero-order valence-corrected chi connectivity index (χ0v) is 8.97. The van der Waals surface area contributed by atoms with Crippen molar-refractivity contribution in [3.05, 3.63) is 22.6 Å². The number of rotatable bonds is 1. The van der Waals surface area contributed by atoms with E-state index >= 15 is 0 Å². The van der Waals surface area contributed by atoms with Gasteiger partial charge < -0.3 is 10.0 Å². The number of aromatic nitrogens is 2. The number of nitrogens with one attached hydrogen (secondary N) is 1. The lowest BCUT2D eigenvalue weighted by molar-refractivity contribution is 0.126. The van der Waals surface area contributed by atoms with Crippen molar-refractivity contribution in [2.75, 3.05) is 4.90 Å². The molecular weight excluding hydrogens is 206 g/mol. The second-order valence-electron chi connectivity index (χ2n) is 4.72. The number of fused-ring (bicyclic) bond motifs is 2. The van der Waals surface area contributed by atoms with Crippen LogP contribution < -0.4 is 10.5 Å². The summed E-state index contributed by atoms with van der Waals surface area (Å²) in [6, 6.07) is 2.34. The molecule has 2 bridgehead atoms. The number of anilines is 1. The molecule has 1 aromatic heterocycles. The first-order valence-electron chi connectivity index (χ1n) is 5.75. The molecule has 5 nitrogen and oxygen atoms in total. The van der Waals surface area contributed by atoms with Crippen molar-refractivity contribution in [3.8, 4) is 0 Å². The lowest BCUT2D eigenvalue weighted by Crippen LogP contribution is -2.45. The van der Waals surface area contributed by atoms with E-state index in [1.165, 1.54) is 0 Å². The number of piperidine rings is 1. The molecule has 0 amide bonds. The molecule has 2 saturated heterocycles. The van der Waals surface area contributed by atoms with E-state index in [1.807, 2.05) is 0 Å². The summed E-state index contributed by atoms with van der Waals surface area (Å²) in [5.74, 6) is 0. The number of hydrogen-bond acceptors (Lipinski definition) is 4. The molecule has 0 aliphatic carbocycles. The van der Waals surface area contributed by atoms with E-state index in [1.54, 1.807) is 12.3 Å². The van der Waals surface area contributed by atoms with Crippen molar-refractivity contribution < 1.29 is 5.11 Å². The number of hydrogen-bond donors (Lipinski definition) is 2. The van der Waals surface area contributed by atoms with E-state index in [0.717, 1.165) is 31.4 Å². The molecule has 2 N–H and O–H groups in total. The third-order valence-electron chi connectivity index (χ3n) is 3.66. The van der Waals surface area contributed by atoms with Crippen molar-refractivity contribution in [1.82, 2.24) is 10.2 Å². The average Bonchev–Trinajstić information content (AvgIpc) is 2.51. The van der Waals surface area contributed by atoms with E-state index < -0.39 is 0 Å². The summed E-state index contributed by atoms with van der Waals surface area (Å²) < 4.78 is 0. The third kappa shape index (κ3) is 1.51. The Labute approximate surface area is 93.1 Å². The number of aliphatic hydroxyl groups excluding tert-OH is 1. The van der Waals surface area contributed by atoms with Crippen LogP contribution in [0.15, 0.2) is 17.1 Å². The highest BCUT2D eigenvalue weighted by Gasteiger charge is 2.40. The van der Waals surface area contributed by atoms with Gasteiger partial charge >= 0.3 is 0 Å². The van der Waals surface area contributed by atoms with Gasteiger partial charge in [-0.1, -0.05) is 0 Å². The van der Waals surface area contributed by atoms with Crippen LogP contribution in [0.3, 0.4) is 0 Å². The van der Waals surface area contributed by atoms with Gasteiger partial charge in [0.1, 0.15) is 0 Å². The SMILES string of the molecule is O=c1cc(N2C3CCC2CC(O)C3)cn[nH]1. The molecular formula is C11H15N3O2. The molecule has 2 aliphatic heterocycles. The third-order valence-corrected chi connectivity index (χ3v) is 3.66. The minimum absolute atomic E-state index is 0.164. The quantitative estimate of drug-likeness (QED) is 0.714. The summed E-state index contributed by atoms with van der Waals surface area (Å²) >= 11 is 0. The second kappa shape index (κ2) is 3.59. The maximum absolute atomic E-state index is 11.2. The van der Waals surface area contributed by atoms with Crippen molar-refractivity contribution in [2.24, 2.45) is 0 Å². The highest BCUT2D eigenvalue weighted by atomic mass is 16.3. The normalized spacial score (nSPS) is 33.1. The molecule has 0 aromatic carbocycles. The first-order valence-corrected chi connectivity index (χ1v) is 5.75. The Bertz CT molecular complexity index is 431. The van der Waals surface area contributed by atoms with Crippen LogP contribution in [-0.4, -0.2) is 33.5 Å². The number of nitrogens with zero attached hydrogens (tertiary/aromatic N) is 2. The fraction of sp³-hybridized carbons (Fsp3) is 0.636. The molecule has 2 fully saturated rings. The summed E-state index contributed by atoms with van der Waals surface area (Å²) in [5.41, 5.74) is 0.728. The van der Waals surface area contributed by atoms with E-state index in [0.29, 0.717) is 12.1 Å². The molecule has 5 heteroatoms. The van der Waals surface area contributed by atoms with Crippen LogP contribution in [0.25, 0.3) is 0 Å². The van der Waals surface area contributed by atoms with Crippen LogP contribution in [0.5, 0.6) is 0 Å². The maximum atomic E-state index is 11.2. The molecule has 3 heterocycles. The first kappa shape index (κ1) is 9.84. The van der Waals surface area contributed by atoms with E-state index in [4.69, 9.17) is 0 Å². The highest BCUT2D eigenvalue weighted by Crippen LogP contribution is 2.38. The van der Waals surface area contributed by atoms with Gasteiger partial charge in [0.05, 0.1) is 18.0 Å². The fourth-order valence-corrected chi connectivity index (χ4v) is 3.08. The van der Waals surface area contributed by atoms with Gasteiger partial charge in [-0.3, -0.25) is 4.79 Å². The summed E-state index contributed by atoms with van der Waals surface area (Å²) in [6.07, 6.45) is 5.35. The molecule has 3 rings (SSSR count). The Balaban J connectivity index is 1.94. The Morgan fingerprint density at radius 2 is 2.06 bits per heavy atom. The van der Waals surface area contributed by atoms with Gasteiger partial charge in [-0.15, -0.1) is 0 Å². The number of aliphatic hydroxyl groups is 1. The smallest absolute Gasteiger partial charge is 0.266 e. The molecule has 2 atom stereocenters. The van der Waals surface area contributed by atoms with Gasteiger partial charge in [0.15, 0.2) is 0 Å². The maximum Gasteiger partial charge on any atom is 0.266 e. The zero-order valence-electron chi connectivity index (χ0n) is 8.97. The Morgan fingerprint density at radius 1 is 1.38 bits per heavy atom. The number of H-pyrrole nitrogens is 1. The molecule has 1 aromatic rings. The molecule has 0 saturated carbocycles. The van der Waals surface area contributed by atoms with Crippen molar-refractivity contribution in [3.63, 3.8) is 0 Å². The largest absolute Gasteiger partial charge is 0.393 e. The van der Waals surface area contributed by atoms with Gasteiger partial charge in [0.2, 0.25) is 0 Å². The standard InChI is InChI=1S/C11H15N3O2/c15-10-3-7-1-2-8(4-10)14(7)9-5-11(16)13-12-6-9/h5-8,10,15H,1-4H2,(H,13,16). The molecule has 0 spiro atoms. The lowest BCUT2D eigenvalue weighted by atomic mass is 9.99. The van der Waals surface area contributed by atoms with Crippen molar-refractivity contribution in [2.45, 2.75) is 43.9 Å². The first-order chi connectivity index (χ1) is 7.74. The highest BCUT2D eigenvalue weighted by molar-refractivity contribution is 5.47. The summed E-state index contributed by atoms with van der Waals surface area (Å²) in [4.78, 5) is 13.5. The Morgan fingerprint density at radius 3 is 2.69 bits per heavy atom. The van der Waals surface area contributed by atoms with Crippen LogP contribution in [0.1, 0.15) is 25.7 Å². The van der Waals surface area contributed by atoms with Gasteiger partial charge in [0, 0.05) is 18.2 Å². The fourth-order valence-electron chi connectivity index (χ4n) is 3.08. The molecule has 2 unspecified atom stereocenters. The van der Waals surface area contributed by atoms with Gasteiger partial charge in [-0.05, 0) is 25.7 Å². The van der Waals surface area contributed by atoms with E-state index in [9.17, 15) is 9.90 Å². The van der Waals surface area contributed by atoms with Crippen LogP contribution in [0.4, 0.5) is 5.69 Å². The Kier molecular flexibility index (Phi) is 2.21. The summed E-state index contributed by atoms with van der Waals surface area (Å²) in [7, 11) is 0. The minimum Gasteiger partial charge on any atom is -0.393 e. The average molecular weight is 221 g/mol. The predicted octanol–water partition coefficient (Wildman–Crippen LogP) is 0.262. The molecule has 86 valence electrons.